The van der Waals surface area contributed by atoms with Crippen LogP contribution in [0.5, 0.6) is 0 Å². The quantitative estimate of drug-likeness (QED) is 0.650. The van der Waals surface area contributed by atoms with Crippen LogP contribution < -0.4 is 0 Å². The van der Waals surface area contributed by atoms with Crippen molar-refractivity contribution in [3.8, 4) is 11.5 Å². The average molecular weight is 281 g/mol. The minimum Gasteiger partial charge on any atom is -0.476 e. The first-order valence-corrected chi connectivity index (χ1v) is 5.98. The van der Waals surface area contributed by atoms with Crippen molar-refractivity contribution in [1.82, 2.24) is 24.5 Å². The molecule has 0 saturated carbocycles. The molecule has 0 unspecified atom stereocenters. The Morgan fingerprint density at radius 3 is 2.85 bits per heavy atom. The Kier molecular flexibility index (Phi) is 4.43. The maximum atomic E-state index is 11.2. The smallest absolute Gasteiger partial charge is 0.358 e. The molecule has 108 valence electrons. The molecule has 0 aliphatic heterocycles. The summed E-state index contributed by atoms with van der Waals surface area (Å²) in [7, 11) is 1.76. The molecule has 9 heteroatoms. The SMILES string of the molecule is Cn1ccnc1-c1c(C(=O)O)nnn1CCOCCO. The molecule has 0 aliphatic carbocycles. The van der Waals surface area contributed by atoms with Gasteiger partial charge in [-0.15, -0.1) is 5.10 Å². The van der Waals surface area contributed by atoms with E-state index in [1.807, 2.05) is 0 Å². The van der Waals surface area contributed by atoms with E-state index in [-0.39, 0.29) is 18.9 Å². The van der Waals surface area contributed by atoms with E-state index in [4.69, 9.17) is 14.9 Å². The Morgan fingerprint density at radius 2 is 2.25 bits per heavy atom. The molecule has 0 aliphatic rings. The highest BCUT2D eigenvalue weighted by Gasteiger charge is 2.23. The zero-order valence-electron chi connectivity index (χ0n) is 10.9. The zero-order chi connectivity index (χ0) is 14.5. The normalized spacial score (nSPS) is 10.9. The molecule has 0 saturated heterocycles. The summed E-state index contributed by atoms with van der Waals surface area (Å²) >= 11 is 0. The van der Waals surface area contributed by atoms with Gasteiger partial charge in [0.1, 0.15) is 5.69 Å². The van der Waals surface area contributed by atoms with E-state index in [1.54, 1.807) is 24.0 Å². The number of aliphatic hydroxyl groups excluding tert-OH is 1. The van der Waals surface area contributed by atoms with Crippen molar-refractivity contribution >= 4 is 5.97 Å². The van der Waals surface area contributed by atoms with Gasteiger partial charge in [0.15, 0.2) is 5.82 Å². The predicted molar refractivity (Wildman–Crippen MR) is 67.1 cm³/mol. The molecule has 0 spiro atoms. The van der Waals surface area contributed by atoms with Crippen molar-refractivity contribution in [3.05, 3.63) is 18.1 Å². The van der Waals surface area contributed by atoms with Gasteiger partial charge >= 0.3 is 5.97 Å². The van der Waals surface area contributed by atoms with Crippen LogP contribution in [0.3, 0.4) is 0 Å². The third-order valence-corrected chi connectivity index (χ3v) is 2.65. The van der Waals surface area contributed by atoms with Crippen LogP contribution in [0.1, 0.15) is 10.5 Å². The number of carboxylic acids is 1. The number of aromatic carboxylic acids is 1. The van der Waals surface area contributed by atoms with Gasteiger partial charge in [-0.2, -0.15) is 0 Å². The first-order chi connectivity index (χ1) is 9.65. The molecule has 2 heterocycles. The second kappa shape index (κ2) is 6.26. The average Bonchev–Trinajstić information content (AvgIpc) is 3.00. The maximum Gasteiger partial charge on any atom is 0.358 e. The highest BCUT2D eigenvalue weighted by molar-refractivity contribution is 5.91. The van der Waals surface area contributed by atoms with Gasteiger partial charge in [-0.1, -0.05) is 5.21 Å². The molecular weight excluding hydrogens is 266 g/mol. The van der Waals surface area contributed by atoms with Crippen LogP contribution in [-0.4, -0.2) is 60.5 Å². The van der Waals surface area contributed by atoms with Crippen LogP contribution in [0.15, 0.2) is 12.4 Å². The van der Waals surface area contributed by atoms with Crippen molar-refractivity contribution in [3.63, 3.8) is 0 Å². The Bertz CT molecular complexity index is 591. The van der Waals surface area contributed by atoms with Gasteiger partial charge in [0.05, 0.1) is 26.4 Å². The van der Waals surface area contributed by atoms with Gasteiger partial charge in [0.2, 0.25) is 5.69 Å². The van der Waals surface area contributed by atoms with Crippen LogP contribution in [0.4, 0.5) is 0 Å². The second-order valence-electron chi connectivity index (χ2n) is 4.01. The number of hydrogen-bond donors (Lipinski definition) is 2. The molecule has 0 atom stereocenters. The second-order valence-corrected chi connectivity index (χ2v) is 4.01. The van der Waals surface area contributed by atoms with Crippen LogP contribution in [0.25, 0.3) is 11.5 Å². The molecule has 2 aromatic rings. The lowest BCUT2D eigenvalue weighted by Gasteiger charge is -2.07. The summed E-state index contributed by atoms with van der Waals surface area (Å²) < 4.78 is 8.27. The van der Waals surface area contributed by atoms with Crippen molar-refractivity contribution in [2.45, 2.75) is 6.54 Å². The number of carbonyl (C=O) groups is 1. The molecule has 0 fully saturated rings. The third kappa shape index (κ3) is 2.83. The molecule has 0 radical (unpaired) electrons. The number of aliphatic hydroxyl groups is 1. The summed E-state index contributed by atoms with van der Waals surface area (Å²) in [5, 5.41) is 25.3. The Labute approximate surface area is 114 Å². The standard InChI is InChI=1S/C11H15N5O4/c1-15-3-2-12-10(15)9-8(11(18)19)13-14-16(9)4-6-20-7-5-17/h2-3,17H,4-7H2,1H3,(H,18,19). The highest BCUT2D eigenvalue weighted by atomic mass is 16.5. The fourth-order valence-electron chi connectivity index (χ4n) is 1.75. The number of aromatic nitrogens is 5. The van der Waals surface area contributed by atoms with Crippen LogP contribution in [0, 0.1) is 0 Å². The van der Waals surface area contributed by atoms with Crippen molar-refractivity contribution < 1.29 is 19.7 Å². The molecule has 0 amide bonds. The van der Waals surface area contributed by atoms with Crippen molar-refractivity contribution in [1.29, 1.82) is 0 Å². The molecule has 20 heavy (non-hydrogen) atoms. The van der Waals surface area contributed by atoms with Crippen LogP contribution in [-0.2, 0) is 18.3 Å². The van der Waals surface area contributed by atoms with E-state index in [0.717, 1.165) is 0 Å². The summed E-state index contributed by atoms with van der Waals surface area (Å²) in [6.07, 6.45) is 3.28. The Morgan fingerprint density at radius 1 is 1.45 bits per heavy atom. The highest BCUT2D eigenvalue weighted by Crippen LogP contribution is 2.19. The lowest BCUT2D eigenvalue weighted by molar-refractivity contribution is 0.0691. The van der Waals surface area contributed by atoms with Crippen LogP contribution in [0.2, 0.25) is 0 Å². The summed E-state index contributed by atoms with van der Waals surface area (Å²) in [6.45, 7) is 0.769. The number of carboxylic acid groups (broad SMARTS) is 1. The lowest BCUT2D eigenvalue weighted by Crippen LogP contribution is -2.12. The van der Waals surface area contributed by atoms with Crippen LogP contribution >= 0.6 is 0 Å². The summed E-state index contributed by atoms with van der Waals surface area (Å²) in [5.41, 5.74) is 0.180. The number of nitrogens with zero attached hydrogens (tertiary/aromatic N) is 5. The molecule has 0 aromatic carbocycles. The lowest BCUT2D eigenvalue weighted by atomic mass is 10.3. The Balaban J connectivity index is 2.29. The molecule has 2 N–H and O–H groups in total. The third-order valence-electron chi connectivity index (χ3n) is 2.65. The van der Waals surface area contributed by atoms with E-state index in [2.05, 4.69) is 15.3 Å². The minimum absolute atomic E-state index is 0.0655. The first kappa shape index (κ1) is 14.2. The topological polar surface area (TPSA) is 115 Å². The first-order valence-electron chi connectivity index (χ1n) is 5.98. The summed E-state index contributed by atoms with van der Waals surface area (Å²) in [6, 6.07) is 0. The van der Waals surface area contributed by atoms with Gasteiger partial charge in [-0.05, 0) is 0 Å². The fourth-order valence-corrected chi connectivity index (χ4v) is 1.75. The van der Waals surface area contributed by atoms with Gasteiger partial charge < -0.3 is 19.5 Å². The minimum atomic E-state index is -1.16. The number of hydrogen-bond acceptors (Lipinski definition) is 6. The monoisotopic (exact) mass is 281 g/mol. The van der Waals surface area contributed by atoms with Gasteiger partial charge in [0.25, 0.3) is 0 Å². The van der Waals surface area contributed by atoms with Gasteiger partial charge in [-0.25, -0.2) is 14.5 Å². The van der Waals surface area contributed by atoms with Crippen molar-refractivity contribution in [2.24, 2.45) is 7.05 Å². The molecule has 2 rings (SSSR count). The number of imidazole rings is 1. The van der Waals surface area contributed by atoms with E-state index < -0.39 is 5.97 Å². The van der Waals surface area contributed by atoms with E-state index >= 15 is 0 Å². The largest absolute Gasteiger partial charge is 0.476 e. The van der Waals surface area contributed by atoms with E-state index in [9.17, 15) is 4.79 Å². The van der Waals surface area contributed by atoms with Gasteiger partial charge in [-0.3, -0.25) is 0 Å². The van der Waals surface area contributed by atoms with E-state index in [1.165, 1.54) is 4.68 Å². The molecule has 9 nitrogen and oxygen atoms in total. The predicted octanol–water partition coefficient (Wildman–Crippen LogP) is -0.614. The van der Waals surface area contributed by atoms with Gasteiger partial charge in [0, 0.05) is 19.4 Å². The molecular formula is C11H15N5O4. The summed E-state index contributed by atoms with van der Waals surface area (Å²) in [5.74, 6) is -0.694. The zero-order valence-corrected chi connectivity index (χ0v) is 10.9. The number of rotatable bonds is 7. The maximum absolute atomic E-state index is 11.2. The summed E-state index contributed by atoms with van der Waals surface area (Å²) in [4.78, 5) is 15.3. The van der Waals surface area contributed by atoms with Crippen molar-refractivity contribution in [2.75, 3.05) is 19.8 Å². The molecule has 0 bridgehead atoms. The fraction of sp³-hybridized carbons (Fsp3) is 0.455. The van der Waals surface area contributed by atoms with E-state index in [0.29, 0.717) is 24.7 Å². The number of aryl methyl sites for hydroxylation is 1. The molecule has 2 aromatic heterocycles. The number of ether oxygens (including phenoxy) is 1. The Hall–Kier alpha value is -2.26.